The molecule has 0 saturated heterocycles. The molecule has 0 spiro atoms. The number of fused-ring (bicyclic) bond motifs is 1. The van der Waals surface area contributed by atoms with E-state index in [9.17, 15) is 18.0 Å². The van der Waals surface area contributed by atoms with Crippen molar-refractivity contribution < 1.29 is 22.7 Å². The summed E-state index contributed by atoms with van der Waals surface area (Å²) in [5.74, 6) is 0.0356. The van der Waals surface area contributed by atoms with Crippen LogP contribution in [0.4, 0.5) is 13.2 Å². The highest BCUT2D eigenvalue weighted by atomic mass is 35.5. The summed E-state index contributed by atoms with van der Waals surface area (Å²) in [6.45, 7) is 0.293. The van der Waals surface area contributed by atoms with Crippen molar-refractivity contribution in [2.75, 3.05) is 19.5 Å². The Morgan fingerprint density at radius 1 is 1.45 bits per heavy atom. The molecule has 1 aromatic rings. The third-order valence-electron chi connectivity index (χ3n) is 3.09. The number of alkyl halides is 4. The molecule has 0 N–H and O–H groups in total. The van der Waals surface area contributed by atoms with Gasteiger partial charge in [0, 0.05) is 12.9 Å². The first-order valence-electron chi connectivity index (χ1n) is 6.02. The third kappa shape index (κ3) is 3.00. The Hall–Kier alpha value is -1.43. The minimum Gasteiger partial charge on any atom is -0.488 e. The predicted molar refractivity (Wildman–Crippen MR) is 68.2 cm³/mol. The molecular weight excluding hydrogens is 295 g/mol. The van der Waals surface area contributed by atoms with Gasteiger partial charge in [-0.05, 0) is 24.6 Å². The predicted octanol–water partition coefficient (Wildman–Crippen LogP) is 3.17. The van der Waals surface area contributed by atoms with E-state index in [-0.39, 0.29) is 17.4 Å². The van der Waals surface area contributed by atoms with E-state index >= 15 is 0 Å². The average Bonchev–Trinajstić information content (AvgIpc) is 2.47. The van der Waals surface area contributed by atoms with Gasteiger partial charge in [-0.2, -0.15) is 13.2 Å². The van der Waals surface area contributed by atoms with E-state index in [1.54, 1.807) is 0 Å². The number of likely N-dealkylation sites (N-methyl/N-ethyl adjacent to an activating group) is 1. The quantitative estimate of drug-likeness (QED) is 0.786. The number of hydrogen-bond donors (Lipinski definition) is 0. The maximum Gasteiger partial charge on any atom is 0.416 e. The van der Waals surface area contributed by atoms with E-state index in [0.29, 0.717) is 18.8 Å². The summed E-state index contributed by atoms with van der Waals surface area (Å²) in [4.78, 5) is 13.5. The molecule has 3 nitrogen and oxygen atoms in total. The summed E-state index contributed by atoms with van der Waals surface area (Å²) in [5, 5.41) is 0. The van der Waals surface area contributed by atoms with Crippen molar-refractivity contribution in [1.29, 1.82) is 0 Å². The minimum atomic E-state index is -4.49. The smallest absolute Gasteiger partial charge is 0.416 e. The molecule has 20 heavy (non-hydrogen) atoms. The van der Waals surface area contributed by atoms with E-state index in [4.69, 9.17) is 16.3 Å². The van der Waals surface area contributed by atoms with Crippen LogP contribution in [-0.2, 0) is 6.18 Å². The first-order valence-corrected chi connectivity index (χ1v) is 6.55. The van der Waals surface area contributed by atoms with Crippen molar-refractivity contribution in [3.05, 3.63) is 29.3 Å². The van der Waals surface area contributed by atoms with Crippen LogP contribution in [-0.4, -0.2) is 36.4 Å². The highest BCUT2D eigenvalue weighted by Gasteiger charge is 2.34. The Morgan fingerprint density at radius 2 is 2.15 bits per heavy atom. The van der Waals surface area contributed by atoms with Gasteiger partial charge >= 0.3 is 6.18 Å². The lowest BCUT2D eigenvalue weighted by Crippen LogP contribution is -2.34. The molecule has 1 aromatic carbocycles. The average molecular weight is 308 g/mol. The lowest BCUT2D eigenvalue weighted by Gasteiger charge is -2.19. The fourth-order valence-corrected chi connectivity index (χ4v) is 2.30. The maximum absolute atomic E-state index is 12.7. The standard InChI is InChI=1S/C13H13ClF3NO2/c1-18-7-9(4-5-14)20-11-3-2-8(13(15,16)17)6-10(11)12(18)19/h2-3,6,9H,4-5,7H2,1H3. The highest BCUT2D eigenvalue weighted by Crippen LogP contribution is 2.34. The monoisotopic (exact) mass is 307 g/mol. The van der Waals surface area contributed by atoms with E-state index < -0.39 is 17.6 Å². The molecule has 1 amide bonds. The number of hydrogen-bond acceptors (Lipinski definition) is 2. The molecule has 0 fully saturated rings. The number of halogens is 4. The van der Waals surface area contributed by atoms with Crippen LogP contribution in [0.25, 0.3) is 0 Å². The topological polar surface area (TPSA) is 29.5 Å². The minimum absolute atomic E-state index is 0.0700. The second kappa shape index (κ2) is 5.52. The molecule has 0 aliphatic carbocycles. The van der Waals surface area contributed by atoms with Crippen molar-refractivity contribution in [3.8, 4) is 5.75 Å². The van der Waals surface area contributed by atoms with Gasteiger partial charge in [-0.15, -0.1) is 11.6 Å². The van der Waals surface area contributed by atoms with Gasteiger partial charge in [0.25, 0.3) is 5.91 Å². The van der Waals surface area contributed by atoms with Gasteiger partial charge < -0.3 is 9.64 Å². The van der Waals surface area contributed by atoms with Crippen molar-refractivity contribution in [1.82, 2.24) is 4.90 Å². The lowest BCUT2D eigenvalue weighted by molar-refractivity contribution is -0.137. The summed E-state index contributed by atoms with van der Waals surface area (Å²) in [7, 11) is 1.53. The molecule has 7 heteroatoms. The summed E-state index contributed by atoms with van der Waals surface area (Å²) >= 11 is 5.65. The zero-order valence-electron chi connectivity index (χ0n) is 10.7. The van der Waals surface area contributed by atoms with Gasteiger partial charge in [-0.25, -0.2) is 0 Å². The summed E-state index contributed by atoms with van der Waals surface area (Å²) in [6.07, 6.45) is -4.30. The van der Waals surface area contributed by atoms with E-state index in [1.807, 2.05) is 0 Å². The molecule has 110 valence electrons. The molecule has 0 aromatic heterocycles. The summed E-state index contributed by atoms with van der Waals surface area (Å²) in [5.41, 5.74) is -0.934. The van der Waals surface area contributed by atoms with Crippen molar-refractivity contribution in [2.45, 2.75) is 18.7 Å². The van der Waals surface area contributed by atoms with E-state index in [0.717, 1.165) is 12.1 Å². The number of rotatable bonds is 2. The van der Waals surface area contributed by atoms with Gasteiger partial charge in [0.15, 0.2) is 0 Å². The highest BCUT2D eigenvalue weighted by molar-refractivity contribution is 6.17. The van der Waals surface area contributed by atoms with Crippen LogP contribution in [0.3, 0.4) is 0 Å². The molecule has 1 aliphatic rings. The van der Waals surface area contributed by atoms with Crippen LogP contribution < -0.4 is 4.74 Å². The number of amides is 1. The van der Waals surface area contributed by atoms with Crippen LogP contribution in [0, 0.1) is 0 Å². The van der Waals surface area contributed by atoms with Gasteiger partial charge in [-0.1, -0.05) is 0 Å². The Morgan fingerprint density at radius 3 is 2.75 bits per heavy atom. The second-order valence-electron chi connectivity index (χ2n) is 4.61. The van der Waals surface area contributed by atoms with Crippen LogP contribution in [0.2, 0.25) is 0 Å². The first-order chi connectivity index (χ1) is 9.32. The SMILES string of the molecule is CN1CC(CCCl)Oc2ccc(C(F)(F)F)cc2C1=O. The Kier molecular flexibility index (Phi) is 4.13. The number of carbonyl (C=O) groups excluding carboxylic acids is 1. The Balaban J connectivity index is 2.42. The number of ether oxygens (including phenoxy) is 1. The van der Waals surface area contributed by atoms with E-state index in [2.05, 4.69) is 0 Å². The first kappa shape index (κ1) is 15.0. The molecule has 1 unspecified atom stereocenters. The van der Waals surface area contributed by atoms with Gasteiger partial charge in [-0.3, -0.25) is 4.79 Å². The van der Waals surface area contributed by atoms with Crippen molar-refractivity contribution in [2.24, 2.45) is 0 Å². The van der Waals surface area contributed by atoms with Crippen LogP contribution in [0.15, 0.2) is 18.2 Å². The Labute approximate surface area is 119 Å². The van der Waals surface area contributed by atoms with Crippen LogP contribution in [0.5, 0.6) is 5.75 Å². The van der Waals surface area contributed by atoms with Gasteiger partial charge in [0.1, 0.15) is 11.9 Å². The van der Waals surface area contributed by atoms with Crippen LogP contribution >= 0.6 is 11.6 Å². The third-order valence-corrected chi connectivity index (χ3v) is 3.30. The zero-order chi connectivity index (χ0) is 14.9. The zero-order valence-corrected chi connectivity index (χ0v) is 11.5. The fraction of sp³-hybridized carbons (Fsp3) is 0.462. The number of benzene rings is 1. The molecule has 0 bridgehead atoms. The Bertz CT molecular complexity index is 519. The molecular formula is C13H13ClF3NO2. The summed E-state index contributed by atoms with van der Waals surface area (Å²) < 4.78 is 43.7. The maximum atomic E-state index is 12.7. The second-order valence-corrected chi connectivity index (χ2v) is 4.99. The number of nitrogens with zero attached hydrogens (tertiary/aromatic N) is 1. The molecule has 0 radical (unpaired) electrons. The largest absolute Gasteiger partial charge is 0.488 e. The molecule has 1 atom stereocenters. The van der Waals surface area contributed by atoms with Crippen molar-refractivity contribution in [3.63, 3.8) is 0 Å². The van der Waals surface area contributed by atoms with Crippen LogP contribution in [0.1, 0.15) is 22.3 Å². The molecule has 0 saturated carbocycles. The lowest BCUT2D eigenvalue weighted by atomic mass is 10.1. The molecule has 1 heterocycles. The molecule has 1 aliphatic heterocycles. The van der Waals surface area contributed by atoms with E-state index in [1.165, 1.54) is 18.0 Å². The van der Waals surface area contributed by atoms with Gasteiger partial charge in [0.05, 0.1) is 17.7 Å². The number of carbonyl (C=O) groups is 1. The van der Waals surface area contributed by atoms with Crippen molar-refractivity contribution >= 4 is 17.5 Å². The van der Waals surface area contributed by atoms with Gasteiger partial charge in [0.2, 0.25) is 0 Å². The normalized spacial score (nSPS) is 19.4. The summed E-state index contributed by atoms with van der Waals surface area (Å²) in [6, 6.07) is 2.93. The molecule has 2 rings (SSSR count). The fourth-order valence-electron chi connectivity index (χ4n) is 2.06.